The van der Waals surface area contributed by atoms with Crippen LogP contribution in [0.1, 0.15) is 0 Å². The van der Waals surface area contributed by atoms with Crippen LogP contribution in [0.5, 0.6) is 0 Å². The zero-order valence-electron chi connectivity index (χ0n) is 5.35. The first-order valence-corrected chi connectivity index (χ1v) is 3.38. The van der Waals surface area contributed by atoms with Crippen molar-refractivity contribution in [3.8, 4) is 0 Å². The van der Waals surface area contributed by atoms with Crippen molar-refractivity contribution in [3.05, 3.63) is 11.7 Å². The van der Waals surface area contributed by atoms with E-state index in [2.05, 4.69) is 3.99 Å². The summed E-state index contributed by atoms with van der Waals surface area (Å²) in [4.78, 5) is 0. The summed E-state index contributed by atoms with van der Waals surface area (Å²) in [6, 6.07) is 0. The second kappa shape index (κ2) is 4.42. The average Bonchev–Trinajstić information content (AvgIpc) is 1.62. The van der Waals surface area contributed by atoms with Crippen LogP contribution in [0.15, 0.2) is 11.7 Å². The summed E-state index contributed by atoms with van der Waals surface area (Å²) in [6.07, 6.45) is 0. The first-order valence-electron chi connectivity index (χ1n) is 1.71. The Labute approximate surface area is 102 Å². The Morgan fingerprint density at radius 1 is 1.45 bits per heavy atom. The Hall–Kier alpha value is 1.17. The summed E-state index contributed by atoms with van der Waals surface area (Å²) in [6.45, 7) is 1.93. The minimum absolute atomic E-state index is 0. The molecule has 0 atom stereocenters. The molecule has 11 heavy (non-hydrogen) atoms. The van der Waals surface area contributed by atoms with Crippen LogP contribution in [0.25, 0.3) is 0 Å². The van der Waals surface area contributed by atoms with Gasteiger partial charge in [-0.2, -0.15) is 4.39 Å². The number of halogens is 4. The summed E-state index contributed by atoms with van der Waals surface area (Å²) >= 11 is 0. The van der Waals surface area contributed by atoms with E-state index in [1.807, 2.05) is 11.6 Å². The van der Waals surface area contributed by atoms with Gasteiger partial charge >= 0.3 is 61.6 Å². The molecule has 0 aliphatic rings. The average molecular weight is 221 g/mol. The van der Waals surface area contributed by atoms with Gasteiger partial charge in [-0.1, -0.05) is 11.7 Å². The van der Waals surface area contributed by atoms with E-state index in [0.29, 0.717) is 0 Å². The second-order valence-corrected chi connectivity index (χ2v) is 3.11. The van der Waals surface area contributed by atoms with Crippen molar-refractivity contribution in [1.82, 2.24) is 0 Å². The topological polar surface area (TPSA) is 43.6 Å². The summed E-state index contributed by atoms with van der Waals surface area (Å²) in [7, 11) is -7.40. The Morgan fingerprint density at radius 2 is 1.82 bits per heavy atom. The fourth-order valence-electron chi connectivity index (χ4n) is 0.0823. The molecule has 9 heteroatoms. The Bertz CT molecular complexity index is 210. The Kier molecular flexibility index (Phi) is 5.89. The third kappa shape index (κ3) is 4.68. The second-order valence-electron chi connectivity index (χ2n) is 1.17. The fraction of sp³-hybridized carbons (Fsp3) is 0. The van der Waals surface area contributed by atoms with Crippen molar-refractivity contribution in [2.75, 3.05) is 0 Å². The fourth-order valence-corrected chi connectivity index (χ4v) is 0.247. The van der Waals surface area contributed by atoms with Gasteiger partial charge in [0.2, 0.25) is 0 Å². The van der Waals surface area contributed by atoms with Gasteiger partial charge in [0.15, 0.2) is 0 Å². The molecule has 0 heterocycles. The molecular formula is C2H2F4KO3S+. The number of rotatable bonds is 2. The van der Waals surface area contributed by atoms with Crippen molar-refractivity contribution in [2.24, 2.45) is 0 Å². The van der Waals surface area contributed by atoms with Crippen molar-refractivity contribution >= 4 is 10.2 Å². The molecule has 0 fully saturated rings. The predicted octanol–water partition coefficient (Wildman–Crippen LogP) is -2.14. The molecule has 0 aromatic heterocycles. The van der Waals surface area contributed by atoms with Gasteiger partial charge in [-0.15, -0.1) is 0 Å². The minimum Gasteiger partial charge on any atom is -0.629 e. The van der Waals surface area contributed by atoms with Gasteiger partial charge in [0.05, 0.1) is 3.99 Å². The van der Waals surface area contributed by atoms with Gasteiger partial charge in [-0.05, 0) is 6.58 Å². The molecule has 0 spiro atoms. The van der Waals surface area contributed by atoms with Gasteiger partial charge in [-0.25, -0.2) is 0 Å². The molecule has 0 radical (unpaired) electrons. The van der Waals surface area contributed by atoms with Gasteiger partial charge < -0.3 is 5.26 Å². The SMILES string of the molecule is C=C(F)S(F)(F)(F)=[O+]O[O-].[K+]. The summed E-state index contributed by atoms with van der Waals surface area (Å²) in [5.74, 6) is 0. The third-order valence-corrected chi connectivity index (χ3v) is 1.44. The van der Waals surface area contributed by atoms with E-state index in [0.717, 1.165) is 0 Å². The van der Waals surface area contributed by atoms with Crippen LogP contribution in [0, 0.1) is 0 Å². The van der Waals surface area contributed by atoms with E-state index in [9.17, 15) is 16.0 Å². The molecule has 0 rings (SSSR count). The van der Waals surface area contributed by atoms with Gasteiger partial charge in [0.25, 0.3) is 5.16 Å². The number of hydrogen-bond acceptors (Lipinski definition) is 2. The van der Waals surface area contributed by atoms with E-state index in [1.165, 1.54) is 0 Å². The van der Waals surface area contributed by atoms with Crippen LogP contribution < -0.4 is 56.6 Å². The monoisotopic (exact) mass is 221 g/mol. The Balaban J connectivity index is 0. The quantitative estimate of drug-likeness (QED) is 0.133. The Morgan fingerprint density at radius 3 is 1.91 bits per heavy atom. The molecule has 62 valence electrons. The molecule has 0 saturated carbocycles. The zero-order chi connectivity index (χ0) is 8.44. The zero-order valence-corrected chi connectivity index (χ0v) is 9.29. The van der Waals surface area contributed by atoms with Gasteiger partial charge in [-0.3, -0.25) is 0 Å². The van der Waals surface area contributed by atoms with Crippen LogP contribution in [-0.2, 0) is 19.3 Å². The maximum Gasteiger partial charge on any atom is 1.00 e. The summed E-state index contributed by atoms with van der Waals surface area (Å²) in [5, 5.41) is 8.22. The molecular weight excluding hydrogens is 219 g/mol. The molecule has 3 nitrogen and oxygen atoms in total. The van der Waals surface area contributed by atoms with E-state index in [4.69, 9.17) is 5.26 Å². The van der Waals surface area contributed by atoms with E-state index < -0.39 is 15.4 Å². The van der Waals surface area contributed by atoms with Crippen LogP contribution in [0.2, 0.25) is 0 Å². The van der Waals surface area contributed by atoms with Crippen molar-refractivity contribution < 1.29 is 81.7 Å². The molecule has 0 saturated heterocycles. The molecule has 0 aromatic rings. The largest absolute Gasteiger partial charge is 1.00 e. The summed E-state index contributed by atoms with van der Waals surface area (Å²) < 4.78 is 48.7. The van der Waals surface area contributed by atoms with Crippen molar-refractivity contribution in [2.45, 2.75) is 0 Å². The first-order chi connectivity index (χ1) is 4.28. The van der Waals surface area contributed by atoms with Crippen LogP contribution in [-0.4, -0.2) is 0 Å². The van der Waals surface area contributed by atoms with Crippen LogP contribution in [0.3, 0.4) is 0 Å². The molecule has 0 aliphatic heterocycles. The van der Waals surface area contributed by atoms with Crippen molar-refractivity contribution in [1.29, 1.82) is 0 Å². The molecule has 0 unspecified atom stereocenters. The molecule has 0 aromatic carbocycles. The van der Waals surface area contributed by atoms with Crippen LogP contribution >= 0.6 is 0 Å². The van der Waals surface area contributed by atoms with E-state index in [-0.39, 0.29) is 51.4 Å². The third-order valence-electron chi connectivity index (χ3n) is 0.481. The standard InChI is InChI=1S/C2H2F4O3S.K/c1-2(3)10(4,5,6)9-8-7;/h1H2;/q;+1. The van der Waals surface area contributed by atoms with E-state index in [1.54, 1.807) is 0 Å². The molecule has 0 aliphatic carbocycles. The first kappa shape index (κ1) is 14.7. The molecule has 0 bridgehead atoms. The minimum atomic E-state index is -7.40. The molecule has 0 amide bonds. The van der Waals surface area contributed by atoms with Gasteiger partial charge in [0.1, 0.15) is 0 Å². The maximum absolute atomic E-state index is 11.7. The van der Waals surface area contributed by atoms with Crippen molar-refractivity contribution in [3.63, 3.8) is 0 Å². The number of hydrogen-bond donors (Lipinski definition) is 0. The predicted molar refractivity (Wildman–Crippen MR) is 22.7 cm³/mol. The summed E-state index contributed by atoms with van der Waals surface area (Å²) in [5.41, 5.74) is 0. The van der Waals surface area contributed by atoms with E-state index >= 15 is 0 Å². The normalized spacial score (nSPS) is 14.1. The van der Waals surface area contributed by atoms with Gasteiger partial charge in [0, 0.05) is 5.04 Å². The smallest absolute Gasteiger partial charge is 0.629 e. The maximum atomic E-state index is 11.7. The molecule has 0 N–H and O–H groups in total. The van der Waals surface area contributed by atoms with Crippen LogP contribution in [0.4, 0.5) is 16.0 Å².